The SMILES string of the molecule is CCCCCCCCC(=O)OC(COCCC(C(=O)[O-])[N+](C)(C)C)COC(=O)CCCCC. The average Bonchev–Trinajstić information content (AvgIpc) is 2.73. The van der Waals surface area contributed by atoms with Crippen LogP contribution in [0.5, 0.6) is 0 Å². The quantitative estimate of drug-likeness (QED) is 0.143. The molecular formula is C25H47NO7. The number of carboxylic acids is 1. The maximum Gasteiger partial charge on any atom is 0.306 e. The molecule has 0 N–H and O–H groups in total. The number of likely N-dealkylation sites (N-methyl/N-ethyl adjacent to an activating group) is 1. The minimum absolute atomic E-state index is 0.0430. The first-order chi connectivity index (χ1) is 15.6. The van der Waals surface area contributed by atoms with Crippen molar-refractivity contribution in [1.82, 2.24) is 0 Å². The third-order valence-electron chi connectivity index (χ3n) is 5.49. The van der Waals surface area contributed by atoms with Gasteiger partial charge in [0.15, 0.2) is 6.10 Å². The van der Waals surface area contributed by atoms with Crippen LogP contribution >= 0.6 is 0 Å². The van der Waals surface area contributed by atoms with Gasteiger partial charge in [0.25, 0.3) is 0 Å². The number of carbonyl (C=O) groups excluding carboxylic acids is 3. The van der Waals surface area contributed by atoms with E-state index >= 15 is 0 Å². The molecule has 0 fully saturated rings. The second-order valence-corrected chi connectivity index (χ2v) is 9.58. The van der Waals surface area contributed by atoms with Crippen LogP contribution in [0.1, 0.15) is 90.9 Å². The Morgan fingerprint density at radius 2 is 1.33 bits per heavy atom. The molecule has 8 heteroatoms. The number of esters is 2. The van der Waals surface area contributed by atoms with E-state index in [-0.39, 0.29) is 42.7 Å². The molecule has 0 radical (unpaired) electrons. The molecular weight excluding hydrogens is 426 g/mol. The van der Waals surface area contributed by atoms with E-state index in [0.717, 1.165) is 38.5 Å². The molecule has 0 aliphatic heterocycles. The number of ether oxygens (including phenoxy) is 3. The molecule has 0 rings (SSSR count). The Hall–Kier alpha value is -1.67. The zero-order chi connectivity index (χ0) is 25.1. The number of nitrogens with zero attached hydrogens (tertiary/aromatic N) is 1. The van der Waals surface area contributed by atoms with Crippen LogP contribution in [0.15, 0.2) is 0 Å². The highest BCUT2D eigenvalue weighted by Gasteiger charge is 2.25. The first kappa shape index (κ1) is 31.3. The lowest BCUT2D eigenvalue weighted by molar-refractivity contribution is -0.889. The summed E-state index contributed by atoms with van der Waals surface area (Å²) in [5, 5.41) is 11.4. The van der Waals surface area contributed by atoms with E-state index in [1.807, 2.05) is 0 Å². The summed E-state index contributed by atoms with van der Waals surface area (Å²) in [4.78, 5) is 35.6. The number of rotatable bonds is 21. The predicted octanol–water partition coefficient (Wildman–Crippen LogP) is 3.00. The molecule has 194 valence electrons. The minimum atomic E-state index is -1.13. The van der Waals surface area contributed by atoms with Gasteiger partial charge < -0.3 is 28.6 Å². The summed E-state index contributed by atoms with van der Waals surface area (Å²) >= 11 is 0. The van der Waals surface area contributed by atoms with E-state index in [0.29, 0.717) is 12.8 Å². The van der Waals surface area contributed by atoms with Crippen LogP contribution in [0, 0.1) is 0 Å². The molecule has 0 aliphatic rings. The Bertz CT molecular complexity index is 545. The summed E-state index contributed by atoms with van der Waals surface area (Å²) in [6.45, 7) is 4.38. The Morgan fingerprint density at radius 3 is 1.94 bits per heavy atom. The summed E-state index contributed by atoms with van der Waals surface area (Å²) in [7, 11) is 5.35. The van der Waals surface area contributed by atoms with Gasteiger partial charge in [-0.2, -0.15) is 0 Å². The smallest absolute Gasteiger partial charge is 0.306 e. The highest BCUT2D eigenvalue weighted by atomic mass is 16.6. The number of aliphatic carboxylic acids is 1. The molecule has 0 aromatic carbocycles. The van der Waals surface area contributed by atoms with Crippen molar-refractivity contribution in [3.63, 3.8) is 0 Å². The summed E-state index contributed by atoms with van der Waals surface area (Å²) in [6, 6.07) is -0.713. The maximum atomic E-state index is 12.3. The second kappa shape index (κ2) is 18.7. The fourth-order valence-corrected chi connectivity index (χ4v) is 3.42. The van der Waals surface area contributed by atoms with Gasteiger partial charge in [-0.25, -0.2) is 0 Å². The van der Waals surface area contributed by atoms with Crippen molar-refractivity contribution >= 4 is 17.9 Å². The predicted molar refractivity (Wildman–Crippen MR) is 125 cm³/mol. The van der Waals surface area contributed by atoms with Gasteiger partial charge in [-0.05, 0) is 12.8 Å². The second-order valence-electron chi connectivity index (χ2n) is 9.58. The number of carboxylic acid groups (broad SMARTS) is 1. The lowest BCUT2D eigenvalue weighted by Gasteiger charge is -2.34. The van der Waals surface area contributed by atoms with Gasteiger partial charge in [-0.15, -0.1) is 0 Å². The highest BCUT2D eigenvalue weighted by molar-refractivity contribution is 5.70. The lowest BCUT2D eigenvalue weighted by Crippen LogP contribution is -2.55. The molecule has 0 bridgehead atoms. The van der Waals surface area contributed by atoms with E-state index in [1.54, 1.807) is 21.1 Å². The molecule has 0 saturated carbocycles. The van der Waals surface area contributed by atoms with Gasteiger partial charge >= 0.3 is 11.9 Å². The van der Waals surface area contributed by atoms with Crippen molar-refractivity contribution in [3.05, 3.63) is 0 Å². The molecule has 33 heavy (non-hydrogen) atoms. The van der Waals surface area contributed by atoms with Crippen LogP contribution in [0.3, 0.4) is 0 Å². The number of quaternary nitrogens is 1. The zero-order valence-electron chi connectivity index (χ0n) is 21.6. The average molecular weight is 474 g/mol. The third-order valence-corrected chi connectivity index (χ3v) is 5.49. The van der Waals surface area contributed by atoms with E-state index in [2.05, 4.69) is 13.8 Å². The van der Waals surface area contributed by atoms with Crippen molar-refractivity contribution in [2.45, 2.75) is 103 Å². The maximum absolute atomic E-state index is 12.3. The highest BCUT2D eigenvalue weighted by Crippen LogP contribution is 2.10. The molecule has 0 amide bonds. The van der Waals surface area contributed by atoms with Crippen LogP contribution < -0.4 is 5.11 Å². The lowest BCUT2D eigenvalue weighted by atomic mass is 10.1. The number of hydrogen-bond donors (Lipinski definition) is 0. The molecule has 2 atom stereocenters. The van der Waals surface area contributed by atoms with E-state index in [1.165, 1.54) is 19.3 Å². The molecule has 8 nitrogen and oxygen atoms in total. The van der Waals surface area contributed by atoms with Gasteiger partial charge in [0.1, 0.15) is 12.6 Å². The largest absolute Gasteiger partial charge is 0.544 e. The van der Waals surface area contributed by atoms with Crippen molar-refractivity contribution in [3.8, 4) is 0 Å². The monoisotopic (exact) mass is 473 g/mol. The normalized spacial score (nSPS) is 13.4. The first-order valence-corrected chi connectivity index (χ1v) is 12.6. The van der Waals surface area contributed by atoms with Crippen molar-refractivity contribution in [2.24, 2.45) is 0 Å². The molecule has 0 aliphatic carbocycles. The third kappa shape index (κ3) is 17.5. The topological polar surface area (TPSA) is 102 Å². The van der Waals surface area contributed by atoms with Gasteiger partial charge in [0.2, 0.25) is 0 Å². The summed E-state index contributed by atoms with van der Waals surface area (Å²) in [5.41, 5.74) is 0. The van der Waals surface area contributed by atoms with Crippen molar-refractivity contribution in [2.75, 3.05) is 41.0 Å². The molecule has 0 aromatic rings. The minimum Gasteiger partial charge on any atom is -0.544 e. The van der Waals surface area contributed by atoms with E-state index in [9.17, 15) is 19.5 Å². The van der Waals surface area contributed by atoms with Crippen molar-refractivity contribution in [1.29, 1.82) is 0 Å². The summed E-state index contributed by atoms with van der Waals surface area (Å²) < 4.78 is 16.6. The Kier molecular flexibility index (Phi) is 17.8. The number of hydrogen-bond acceptors (Lipinski definition) is 7. The Morgan fingerprint density at radius 1 is 0.788 bits per heavy atom. The Labute approximate surface area is 200 Å². The molecule has 0 saturated heterocycles. The van der Waals surface area contributed by atoms with Crippen LogP contribution in [0.2, 0.25) is 0 Å². The molecule has 0 heterocycles. The van der Waals surface area contributed by atoms with E-state index < -0.39 is 18.1 Å². The molecule has 0 spiro atoms. The van der Waals surface area contributed by atoms with Crippen LogP contribution in [0.25, 0.3) is 0 Å². The van der Waals surface area contributed by atoms with Crippen LogP contribution in [-0.2, 0) is 28.6 Å². The van der Waals surface area contributed by atoms with Gasteiger partial charge in [0.05, 0.1) is 40.3 Å². The number of unbranched alkanes of at least 4 members (excludes halogenated alkanes) is 7. The van der Waals surface area contributed by atoms with Crippen LogP contribution in [-0.4, -0.2) is 75.5 Å². The van der Waals surface area contributed by atoms with Crippen LogP contribution in [0.4, 0.5) is 0 Å². The van der Waals surface area contributed by atoms with Crippen molar-refractivity contribution < 1.29 is 38.2 Å². The van der Waals surface area contributed by atoms with E-state index in [4.69, 9.17) is 14.2 Å². The first-order valence-electron chi connectivity index (χ1n) is 12.6. The van der Waals surface area contributed by atoms with Gasteiger partial charge in [0, 0.05) is 19.3 Å². The summed E-state index contributed by atoms with van der Waals surface area (Å²) in [5.74, 6) is -1.78. The molecule has 2 unspecified atom stereocenters. The van der Waals surface area contributed by atoms with Gasteiger partial charge in [-0.3, -0.25) is 9.59 Å². The fourth-order valence-electron chi connectivity index (χ4n) is 3.42. The Balaban J connectivity index is 4.56. The van der Waals surface area contributed by atoms with Gasteiger partial charge in [-0.1, -0.05) is 58.8 Å². The zero-order valence-corrected chi connectivity index (χ0v) is 21.6. The fraction of sp³-hybridized carbons (Fsp3) is 0.880. The summed E-state index contributed by atoms with van der Waals surface area (Å²) in [6.07, 6.45) is 9.38. The standard InChI is InChI=1S/C25H47NO7/c1-6-8-10-11-12-14-16-24(28)33-21(20-32-23(27)15-13-9-7-2)19-31-18-17-22(25(29)30)26(3,4)5/h21-22H,6-20H2,1-5H3. The number of carbonyl (C=O) groups is 3. The molecule has 0 aromatic heterocycles.